The van der Waals surface area contributed by atoms with Crippen molar-refractivity contribution in [3.8, 4) is 0 Å². The number of aliphatic hydroxyl groups is 1. The minimum atomic E-state index is -4.54. The van der Waals surface area contributed by atoms with Gasteiger partial charge in [-0.25, -0.2) is 0 Å². The number of ether oxygens (including phenoxy) is 2. The molecule has 0 aliphatic heterocycles. The summed E-state index contributed by atoms with van der Waals surface area (Å²) in [6.07, 6.45) is -0.584. The van der Waals surface area contributed by atoms with Crippen LogP contribution in [0.4, 0.5) is 13.2 Å². The highest BCUT2D eigenvalue weighted by molar-refractivity contribution is 5.24. The summed E-state index contributed by atoms with van der Waals surface area (Å²) in [6, 6.07) is 0. The van der Waals surface area contributed by atoms with Crippen molar-refractivity contribution < 1.29 is 27.8 Å². The van der Waals surface area contributed by atoms with Crippen LogP contribution >= 0.6 is 0 Å². The molecule has 0 saturated heterocycles. The fourth-order valence-corrected chi connectivity index (χ4v) is 4.51. The van der Waals surface area contributed by atoms with Gasteiger partial charge in [0.25, 0.3) is 0 Å². The monoisotopic (exact) mass is 306 g/mol. The van der Waals surface area contributed by atoms with E-state index < -0.39 is 30.6 Å². The van der Waals surface area contributed by atoms with Crippen LogP contribution in [-0.2, 0) is 9.47 Å². The first kappa shape index (κ1) is 15.3. The Morgan fingerprint density at radius 1 is 1.19 bits per heavy atom. The quantitative estimate of drug-likeness (QED) is 0.482. The van der Waals surface area contributed by atoms with E-state index in [4.69, 9.17) is 9.47 Å². The van der Waals surface area contributed by atoms with Crippen molar-refractivity contribution in [3.63, 3.8) is 0 Å². The van der Waals surface area contributed by atoms with E-state index in [-0.39, 0.29) is 23.7 Å². The molecule has 120 valence electrons. The summed E-state index contributed by atoms with van der Waals surface area (Å²) in [4.78, 5) is 0. The lowest BCUT2D eigenvalue weighted by molar-refractivity contribution is -0.346. The molecule has 7 atom stereocenters. The zero-order valence-electron chi connectivity index (χ0n) is 12.1. The normalized spacial score (nSPS) is 43.5. The standard InChI is InChI=1S/C15H21F3O3/c1-3-20-7-21-14(2,15(16,17)18)12-10-8-4-5-9(6-8)11(10)13(12)19/h4-5,8-13,19H,3,6-7H2,1-2H3. The van der Waals surface area contributed by atoms with E-state index in [0.717, 1.165) is 13.3 Å². The maximum absolute atomic E-state index is 13.6. The number of hydrogen-bond acceptors (Lipinski definition) is 3. The Kier molecular flexibility index (Phi) is 3.62. The highest BCUT2D eigenvalue weighted by Gasteiger charge is 2.72. The second kappa shape index (κ2) is 4.96. The first-order valence-electron chi connectivity index (χ1n) is 7.46. The lowest BCUT2D eigenvalue weighted by atomic mass is 9.53. The Balaban J connectivity index is 1.82. The first-order valence-corrected chi connectivity index (χ1v) is 7.46. The summed E-state index contributed by atoms with van der Waals surface area (Å²) in [5.41, 5.74) is -2.36. The molecule has 0 radical (unpaired) electrons. The Labute approximate surface area is 122 Å². The van der Waals surface area contributed by atoms with Crippen LogP contribution in [0.25, 0.3) is 0 Å². The molecule has 0 heterocycles. The summed E-state index contributed by atoms with van der Waals surface area (Å²) in [5.74, 6) is -0.713. The Morgan fingerprint density at radius 2 is 1.81 bits per heavy atom. The smallest absolute Gasteiger partial charge is 0.392 e. The van der Waals surface area contributed by atoms with Gasteiger partial charge in [-0.1, -0.05) is 12.2 Å². The van der Waals surface area contributed by atoms with Gasteiger partial charge >= 0.3 is 6.18 Å². The van der Waals surface area contributed by atoms with Gasteiger partial charge in [0.05, 0.1) is 6.10 Å². The molecule has 1 N–H and O–H groups in total. The largest absolute Gasteiger partial charge is 0.417 e. The number of allylic oxidation sites excluding steroid dienone is 2. The Bertz CT molecular complexity index is 436. The van der Waals surface area contributed by atoms with E-state index in [1.54, 1.807) is 6.92 Å². The van der Waals surface area contributed by atoms with Gasteiger partial charge in [0.2, 0.25) is 0 Å². The van der Waals surface area contributed by atoms with E-state index in [1.807, 2.05) is 12.2 Å². The second-order valence-electron chi connectivity index (χ2n) is 6.48. The highest BCUT2D eigenvalue weighted by atomic mass is 19.4. The van der Waals surface area contributed by atoms with Gasteiger partial charge in [-0.05, 0) is 43.9 Å². The summed E-state index contributed by atoms with van der Waals surface area (Å²) in [5, 5.41) is 10.3. The molecular weight excluding hydrogens is 285 g/mol. The number of alkyl halides is 3. The van der Waals surface area contributed by atoms with Gasteiger partial charge in [0.1, 0.15) is 6.79 Å². The fourth-order valence-electron chi connectivity index (χ4n) is 4.51. The van der Waals surface area contributed by atoms with Crippen LogP contribution in [0.3, 0.4) is 0 Å². The first-order chi connectivity index (χ1) is 9.81. The van der Waals surface area contributed by atoms with Gasteiger partial charge in [-0.15, -0.1) is 0 Å². The maximum atomic E-state index is 13.6. The average molecular weight is 306 g/mol. The third kappa shape index (κ3) is 2.06. The molecular formula is C15H21F3O3. The average Bonchev–Trinajstić information content (AvgIpc) is 2.94. The summed E-state index contributed by atoms with van der Waals surface area (Å²) in [7, 11) is 0. The molecule has 6 heteroatoms. The predicted molar refractivity (Wildman–Crippen MR) is 69.3 cm³/mol. The Morgan fingerprint density at radius 3 is 2.38 bits per heavy atom. The van der Waals surface area contributed by atoms with Gasteiger partial charge in [-0.3, -0.25) is 0 Å². The summed E-state index contributed by atoms with van der Waals surface area (Å²) < 4.78 is 50.7. The second-order valence-corrected chi connectivity index (χ2v) is 6.48. The van der Waals surface area contributed by atoms with E-state index in [2.05, 4.69) is 0 Å². The molecule has 0 aromatic heterocycles. The van der Waals surface area contributed by atoms with Gasteiger partial charge in [0.15, 0.2) is 5.60 Å². The van der Waals surface area contributed by atoms with Crippen LogP contribution in [0, 0.1) is 29.6 Å². The number of hydrogen-bond donors (Lipinski definition) is 1. The molecule has 0 amide bonds. The Hall–Kier alpha value is -0.590. The third-order valence-electron chi connectivity index (χ3n) is 5.61. The number of rotatable bonds is 5. The van der Waals surface area contributed by atoms with Crippen molar-refractivity contribution in [2.75, 3.05) is 13.4 Å². The lowest BCUT2D eigenvalue weighted by Gasteiger charge is -2.57. The fraction of sp³-hybridized carbons (Fsp3) is 0.867. The highest BCUT2D eigenvalue weighted by Crippen LogP contribution is 2.65. The van der Waals surface area contributed by atoms with Crippen molar-refractivity contribution in [3.05, 3.63) is 12.2 Å². The van der Waals surface area contributed by atoms with E-state index in [9.17, 15) is 18.3 Å². The molecule has 2 fully saturated rings. The summed E-state index contributed by atoms with van der Waals surface area (Å²) in [6.45, 7) is 2.63. The topological polar surface area (TPSA) is 38.7 Å². The minimum absolute atomic E-state index is 0.0395. The lowest BCUT2D eigenvalue weighted by Crippen LogP contribution is -2.67. The number of halogens is 3. The van der Waals surface area contributed by atoms with Crippen molar-refractivity contribution in [2.24, 2.45) is 29.6 Å². The molecule has 3 aliphatic rings. The van der Waals surface area contributed by atoms with Crippen molar-refractivity contribution >= 4 is 0 Å². The van der Waals surface area contributed by atoms with Crippen molar-refractivity contribution in [1.82, 2.24) is 0 Å². The van der Waals surface area contributed by atoms with Crippen LogP contribution in [0.5, 0.6) is 0 Å². The van der Waals surface area contributed by atoms with Crippen LogP contribution < -0.4 is 0 Å². The van der Waals surface area contributed by atoms with Crippen molar-refractivity contribution in [1.29, 1.82) is 0 Å². The molecule has 0 aromatic rings. The van der Waals surface area contributed by atoms with E-state index in [0.29, 0.717) is 6.61 Å². The van der Waals surface area contributed by atoms with E-state index >= 15 is 0 Å². The molecule has 0 aromatic carbocycles. The van der Waals surface area contributed by atoms with Gasteiger partial charge in [-0.2, -0.15) is 13.2 Å². The van der Waals surface area contributed by atoms with E-state index in [1.165, 1.54) is 0 Å². The third-order valence-corrected chi connectivity index (χ3v) is 5.61. The van der Waals surface area contributed by atoms with Crippen LogP contribution in [0.15, 0.2) is 12.2 Å². The van der Waals surface area contributed by atoms with Gasteiger partial charge in [0, 0.05) is 12.5 Å². The molecule has 2 bridgehead atoms. The molecule has 2 saturated carbocycles. The zero-order valence-corrected chi connectivity index (χ0v) is 12.1. The SMILES string of the molecule is CCOCOC(C)(C1C(O)C2C3C=CC(C3)C21)C(F)(F)F. The molecule has 7 unspecified atom stereocenters. The minimum Gasteiger partial charge on any atom is -0.392 e. The molecule has 21 heavy (non-hydrogen) atoms. The molecule has 3 rings (SSSR count). The number of aliphatic hydroxyl groups excluding tert-OH is 1. The molecule has 3 nitrogen and oxygen atoms in total. The van der Waals surface area contributed by atoms with Crippen LogP contribution in [-0.4, -0.2) is 36.4 Å². The maximum Gasteiger partial charge on any atom is 0.417 e. The van der Waals surface area contributed by atoms with Crippen molar-refractivity contribution in [2.45, 2.75) is 38.1 Å². The molecule has 0 spiro atoms. The van der Waals surface area contributed by atoms with Crippen LogP contribution in [0.1, 0.15) is 20.3 Å². The zero-order chi connectivity index (χ0) is 15.4. The number of fused-ring (bicyclic) bond motifs is 5. The van der Waals surface area contributed by atoms with Crippen LogP contribution in [0.2, 0.25) is 0 Å². The van der Waals surface area contributed by atoms with Gasteiger partial charge < -0.3 is 14.6 Å². The summed E-state index contributed by atoms with van der Waals surface area (Å²) >= 11 is 0. The predicted octanol–water partition coefficient (Wildman–Crippen LogP) is 2.75. The molecule has 3 aliphatic carbocycles.